The Morgan fingerprint density at radius 3 is 2.43 bits per heavy atom. The summed E-state index contributed by atoms with van der Waals surface area (Å²) in [6.45, 7) is 1.96. The zero-order chi connectivity index (χ0) is 15.2. The second-order valence-corrected chi connectivity index (χ2v) is 5.13. The fourth-order valence-corrected chi connectivity index (χ4v) is 2.27. The molecule has 0 spiro atoms. The number of nitrogens with zero attached hydrogens (tertiary/aromatic N) is 2. The van der Waals surface area contributed by atoms with Crippen molar-refractivity contribution < 1.29 is 13.2 Å². The number of rotatable bonds is 1. The van der Waals surface area contributed by atoms with Crippen LogP contribution in [0.2, 0.25) is 0 Å². The minimum atomic E-state index is -4.51. The van der Waals surface area contributed by atoms with Crippen LogP contribution in [0.5, 0.6) is 0 Å². The van der Waals surface area contributed by atoms with E-state index in [1.54, 1.807) is 6.07 Å². The molecule has 0 amide bonds. The smallest absolute Gasteiger partial charge is 0.291 e. The lowest BCUT2D eigenvalue weighted by Crippen LogP contribution is -2.09. The number of benzene rings is 1. The molecule has 0 fully saturated rings. The highest BCUT2D eigenvalue weighted by Crippen LogP contribution is 2.29. The Morgan fingerprint density at radius 2 is 1.81 bits per heavy atom. The van der Waals surface area contributed by atoms with Crippen LogP contribution in [0.15, 0.2) is 36.4 Å². The van der Waals surface area contributed by atoms with Crippen molar-refractivity contribution in [2.45, 2.75) is 13.1 Å². The number of hydrogen-bond acceptors (Lipinski definition) is 2. The van der Waals surface area contributed by atoms with E-state index in [2.05, 4.69) is 10.1 Å². The summed E-state index contributed by atoms with van der Waals surface area (Å²) in [5, 5.41) is 2.96. The summed E-state index contributed by atoms with van der Waals surface area (Å²) in [5.74, 6) is 0. The lowest BCUT2D eigenvalue weighted by atomic mass is 10.1. The number of hydrogen-bond donors (Lipinski definition) is 1. The van der Waals surface area contributed by atoms with Crippen LogP contribution in [0.25, 0.3) is 16.9 Å². The van der Waals surface area contributed by atoms with Gasteiger partial charge in [0.25, 0.3) is 0 Å². The molecule has 21 heavy (non-hydrogen) atoms. The number of aromatic amines is 1. The van der Waals surface area contributed by atoms with E-state index in [1.165, 1.54) is 4.52 Å². The van der Waals surface area contributed by atoms with Crippen LogP contribution in [0.4, 0.5) is 13.2 Å². The highest BCUT2D eigenvalue weighted by atomic mass is 32.1. The van der Waals surface area contributed by atoms with Crippen molar-refractivity contribution in [2.24, 2.45) is 0 Å². The molecule has 2 aromatic heterocycles. The quantitative estimate of drug-likeness (QED) is 0.676. The van der Waals surface area contributed by atoms with E-state index < -0.39 is 11.9 Å². The van der Waals surface area contributed by atoms with Crippen molar-refractivity contribution in [1.82, 2.24) is 14.6 Å². The van der Waals surface area contributed by atoms with Crippen LogP contribution in [0.3, 0.4) is 0 Å². The molecule has 0 bridgehead atoms. The summed E-state index contributed by atoms with van der Waals surface area (Å²) in [6, 6.07) is 10.0. The Bertz CT molecular complexity index is 860. The van der Waals surface area contributed by atoms with Gasteiger partial charge in [0.15, 0.2) is 5.65 Å². The number of nitrogens with one attached hydrogen (secondary N) is 1. The maximum atomic E-state index is 12.7. The van der Waals surface area contributed by atoms with E-state index in [9.17, 15) is 13.2 Å². The summed E-state index contributed by atoms with van der Waals surface area (Å²) < 4.78 is 39.6. The van der Waals surface area contributed by atoms with Crippen LogP contribution in [0.1, 0.15) is 11.3 Å². The molecule has 0 atom stereocenters. The number of aryl methyl sites for hydroxylation is 1. The molecule has 2 heterocycles. The van der Waals surface area contributed by atoms with Gasteiger partial charge in [-0.1, -0.05) is 42.0 Å². The fourth-order valence-electron chi connectivity index (χ4n) is 2.02. The minimum absolute atomic E-state index is 0.0330. The molecule has 0 saturated carbocycles. The summed E-state index contributed by atoms with van der Waals surface area (Å²) in [6.07, 6.45) is -4.51. The first kappa shape index (κ1) is 13.8. The number of aromatic nitrogens is 3. The van der Waals surface area contributed by atoms with Gasteiger partial charge in [-0.05, 0) is 12.5 Å². The number of H-pyrrole nitrogens is 1. The van der Waals surface area contributed by atoms with Crippen molar-refractivity contribution in [3.8, 4) is 11.3 Å². The molecule has 108 valence electrons. The molecule has 0 aliphatic heterocycles. The van der Waals surface area contributed by atoms with Crippen LogP contribution >= 0.6 is 12.2 Å². The fraction of sp³-hybridized carbons (Fsp3) is 0.143. The van der Waals surface area contributed by atoms with Gasteiger partial charge in [-0.3, -0.25) is 5.10 Å². The third-order valence-electron chi connectivity index (χ3n) is 3.10. The molecule has 0 saturated heterocycles. The first-order valence-electron chi connectivity index (χ1n) is 6.12. The second kappa shape index (κ2) is 4.70. The Balaban J connectivity index is 2.18. The molecule has 3 aromatic rings. The van der Waals surface area contributed by atoms with Crippen molar-refractivity contribution in [2.75, 3.05) is 0 Å². The first-order chi connectivity index (χ1) is 9.84. The van der Waals surface area contributed by atoms with Gasteiger partial charge >= 0.3 is 6.18 Å². The van der Waals surface area contributed by atoms with Crippen molar-refractivity contribution in [3.63, 3.8) is 0 Å². The molecule has 7 heteroatoms. The molecule has 0 unspecified atom stereocenters. The van der Waals surface area contributed by atoms with Crippen LogP contribution in [-0.4, -0.2) is 14.6 Å². The van der Waals surface area contributed by atoms with E-state index in [1.807, 2.05) is 31.2 Å². The molecule has 0 aliphatic carbocycles. The largest absolute Gasteiger partial charge is 0.433 e. The SMILES string of the molecule is Cc1ccc(-c2cc3nc(C(F)(F)F)cc(=S)n3[nH]2)cc1. The normalized spacial score (nSPS) is 12.0. The van der Waals surface area contributed by atoms with Crippen molar-refractivity contribution >= 4 is 17.9 Å². The summed E-state index contributed by atoms with van der Waals surface area (Å²) >= 11 is 4.99. The first-order valence-corrected chi connectivity index (χ1v) is 6.52. The number of fused-ring (bicyclic) bond motifs is 1. The monoisotopic (exact) mass is 309 g/mol. The molecule has 3 nitrogen and oxygen atoms in total. The molecular formula is C14H10F3N3S. The molecule has 3 rings (SSSR count). The highest BCUT2D eigenvalue weighted by Gasteiger charge is 2.33. The summed E-state index contributed by atoms with van der Waals surface area (Å²) in [5.41, 5.74) is 1.78. The molecule has 1 N–H and O–H groups in total. The third kappa shape index (κ3) is 2.56. The summed E-state index contributed by atoms with van der Waals surface area (Å²) in [4.78, 5) is 3.61. The maximum Gasteiger partial charge on any atom is 0.433 e. The topological polar surface area (TPSA) is 33.1 Å². The van der Waals surface area contributed by atoms with E-state index in [0.29, 0.717) is 5.69 Å². The third-order valence-corrected chi connectivity index (χ3v) is 3.40. The van der Waals surface area contributed by atoms with Gasteiger partial charge < -0.3 is 0 Å². The lowest BCUT2D eigenvalue weighted by Gasteiger charge is -2.05. The average Bonchev–Trinajstić information content (AvgIpc) is 2.83. The summed E-state index contributed by atoms with van der Waals surface area (Å²) in [7, 11) is 0. The van der Waals surface area contributed by atoms with Crippen LogP contribution < -0.4 is 0 Å². The van der Waals surface area contributed by atoms with Gasteiger partial charge in [0, 0.05) is 12.1 Å². The van der Waals surface area contributed by atoms with Gasteiger partial charge in [-0.15, -0.1) is 0 Å². The average molecular weight is 309 g/mol. The van der Waals surface area contributed by atoms with Gasteiger partial charge in [-0.25, -0.2) is 9.50 Å². The Kier molecular flexibility index (Phi) is 3.09. The Hall–Kier alpha value is -2.15. The number of alkyl halides is 3. The standard InChI is InChI=1S/C14H10F3N3S/c1-8-2-4-9(5-3-8)10-6-12-18-11(14(15,16)17)7-13(21)20(12)19-10/h2-7,19H,1H3. The molecule has 1 aromatic carbocycles. The van der Waals surface area contributed by atoms with Crippen LogP contribution in [0, 0.1) is 11.6 Å². The van der Waals surface area contributed by atoms with Gasteiger partial charge in [-0.2, -0.15) is 13.2 Å². The predicted molar refractivity (Wildman–Crippen MR) is 75.6 cm³/mol. The van der Waals surface area contributed by atoms with Gasteiger partial charge in [0.2, 0.25) is 0 Å². The number of halogens is 3. The van der Waals surface area contributed by atoms with E-state index >= 15 is 0 Å². The molecule has 0 aliphatic rings. The molecule has 0 radical (unpaired) electrons. The van der Waals surface area contributed by atoms with Crippen molar-refractivity contribution in [1.29, 1.82) is 0 Å². The second-order valence-electron chi connectivity index (χ2n) is 4.71. The Labute approximate surface area is 123 Å². The zero-order valence-electron chi connectivity index (χ0n) is 10.9. The maximum absolute atomic E-state index is 12.7. The van der Waals surface area contributed by atoms with E-state index in [-0.39, 0.29) is 10.3 Å². The zero-order valence-corrected chi connectivity index (χ0v) is 11.7. The predicted octanol–water partition coefficient (Wildman–Crippen LogP) is 4.39. The highest BCUT2D eigenvalue weighted by molar-refractivity contribution is 7.71. The minimum Gasteiger partial charge on any atom is -0.291 e. The van der Waals surface area contributed by atoms with Gasteiger partial charge in [0.05, 0.1) is 5.69 Å². The lowest BCUT2D eigenvalue weighted by molar-refractivity contribution is -0.141. The van der Waals surface area contributed by atoms with Crippen LogP contribution in [-0.2, 0) is 6.18 Å². The van der Waals surface area contributed by atoms with E-state index in [4.69, 9.17) is 12.2 Å². The molecular weight excluding hydrogens is 299 g/mol. The Morgan fingerprint density at radius 1 is 1.14 bits per heavy atom. The van der Waals surface area contributed by atoms with E-state index in [0.717, 1.165) is 17.2 Å². The van der Waals surface area contributed by atoms with Gasteiger partial charge in [0.1, 0.15) is 10.3 Å². The van der Waals surface area contributed by atoms with Crippen molar-refractivity contribution in [3.05, 3.63) is 52.3 Å².